The van der Waals surface area contributed by atoms with Crippen LogP contribution in [0, 0.1) is 13.8 Å². The first-order chi connectivity index (χ1) is 16.7. The number of aromatic hydroxyl groups is 1. The topological polar surface area (TPSA) is 117 Å². The molecular formula is C26H28N4O5. The standard InChI is InChI=1S/C26H28N4O5/c1-5-22(31)30-20(18-9-7-8-10-21(18)35-6-2)14-19(28-30)23-24(32)27-26(34)29(25(23)33)17-12-15(3)11-16(4)13-17/h7-13,20,33H,5-6,14H2,1-4H3,(H,27,32,34). The Kier molecular flexibility index (Phi) is 6.59. The van der Waals surface area contributed by atoms with Crippen LogP contribution in [0.5, 0.6) is 11.6 Å². The molecule has 1 atom stereocenters. The van der Waals surface area contributed by atoms with Crippen molar-refractivity contribution >= 4 is 11.6 Å². The Labute approximate surface area is 202 Å². The molecule has 3 aromatic rings. The molecule has 9 nitrogen and oxygen atoms in total. The third-order valence-corrected chi connectivity index (χ3v) is 5.89. The van der Waals surface area contributed by atoms with Crippen LogP contribution in [0.2, 0.25) is 0 Å². The SMILES string of the molecule is CCOc1ccccc1C1CC(c2c(O)n(-c3cc(C)cc(C)c3)c(=O)[nH]c2=O)=NN1C(=O)CC. The quantitative estimate of drug-likeness (QED) is 0.566. The maximum absolute atomic E-state index is 12.9. The predicted molar refractivity (Wildman–Crippen MR) is 132 cm³/mol. The highest BCUT2D eigenvalue weighted by atomic mass is 16.5. The molecule has 0 spiro atoms. The number of aromatic amines is 1. The number of hydrogen-bond donors (Lipinski definition) is 2. The summed E-state index contributed by atoms with van der Waals surface area (Å²) in [4.78, 5) is 40.7. The summed E-state index contributed by atoms with van der Waals surface area (Å²) in [5.74, 6) is -0.149. The van der Waals surface area contributed by atoms with E-state index < -0.39 is 23.2 Å². The van der Waals surface area contributed by atoms with Gasteiger partial charge < -0.3 is 9.84 Å². The van der Waals surface area contributed by atoms with E-state index in [4.69, 9.17) is 4.74 Å². The maximum atomic E-state index is 12.9. The third-order valence-electron chi connectivity index (χ3n) is 5.89. The van der Waals surface area contributed by atoms with Gasteiger partial charge in [0.1, 0.15) is 11.3 Å². The van der Waals surface area contributed by atoms with E-state index in [1.807, 2.05) is 51.1 Å². The predicted octanol–water partition coefficient (Wildman–Crippen LogP) is 3.33. The zero-order valence-electron chi connectivity index (χ0n) is 20.2. The lowest BCUT2D eigenvalue weighted by Gasteiger charge is -2.23. The highest BCUT2D eigenvalue weighted by molar-refractivity contribution is 6.04. The molecule has 35 heavy (non-hydrogen) atoms. The normalized spacial score (nSPS) is 15.3. The van der Waals surface area contributed by atoms with Gasteiger partial charge in [-0.25, -0.2) is 14.4 Å². The lowest BCUT2D eigenvalue weighted by Crippen LogP contribution is -2.33. The summed E-state index contributed by atoms with van der Waals surface area (Å²) in [7, 11) is 0. The van der Waals surface area contributed by atoms with Crippen molar-refractivity contribution in [3.05, 3.63) is 85.6 Å². The molecule has 1 amide bonds. The Bertz CT molecular complexity index is 1420. The van der Waals surface area contributed by atoms with Gasteiger partial charge in [0.25, 0.3) is 5.56 Å². The average molecular weight is 477 g/mol. The van der Waals surface area contributed by atoms with Gasteiger partial charge in [-0.1, -0.05) is 31.2 Å². The average Bonchev–Trinajstić information content (AvgIpc) is 3.23. The van der Waals surface area contributed by atoms with E-state index >= 15 is 0 Å². The zero-order valence-corrected chi connectivity index (χ0v) is 20.2. The first-order valence-electron chi connectivity index (χ1n) is 11.5. The lowest BCUT2D eigenvalue weighted by atomic mass is 9.98. The number of aryl methyl sites for hydroxylation is 2. The summed E-state index contributed by atoms with van der Waals surface area (Å²) in [6, 6.07) is 12.2. The van der Waals surface area contributed by atoms with E-state index in [1.54, 1.807) is 19.1 Å². The molecular weight excluding hydrogens is 448 g/mol. The summed E-state index contributed by atoms with van der Waals surface area (Å²) in [5.41, 5.74) is 1.48. The summed E-state index contributed by atoms with van der Waals surface area (Å²) in [6.07, 6.45) is 0.367. The van der Waals surface area contributed by atoms with Gasteiger partial charge >= 0.3 is 5.69 Å². The molecule has 0 bridgehead atoms. The Morgan fingerprint density at radius 2 is 1.83 bits per heavy atom. The number of benzene rings is 2. The van der Waals surface area contributed by atoms with Gasteiger partial charge in [-0.2, -0.15) is 5.10 Å². The molecule has 0 saturated heterocycles. The van der Waals surface area contributed by atoms with E-state index in [0.29, 0.717) is 18.0 Å². The minimum Gasteiger partial charge on any atom is -0.494 e. The van der Waals surface area contributed by atoms with Crippen LogP contribution < -0.4 is 16.0 Å². The number of rotatable bonds is 6. The van der Waals surface area contributed by atoms with Crippen LogP contribution in [0.15, 0.2) is 57.2 Å². The monoisotopic (exact) mass is 476 g/mol. The van der Waals surface area contributed by atoms with Crippen LogP contribution in [0.4, 0.5) is 0 Å². The number of hydrogen-bond acceptors (Lipinski definition) is 6. The summed E-state index contributed by atoms with van der Waals surface area (Å²) >= 11 is 0. The van der Waals surface area contributed by atoms with Crippen LogP contribution in [0.3, 0.4) is 0 Å². The van der Waals surface area contributed by atoms with Gasteiger partial charge in [-0.05, 0) is 50.1 Å². The molecule has 0 radical (unpaired) electrons. The Balaban J connectivity index is 1.87. The highest BCUT2D eigenvalue weighted by Crippen LogP contribution is 2.38. The van der Waals surface area contributed by atoms with Crippen LogP contribution in [-0.4, -0.2) is 37.9 Å². The zero-order chi connectivity index (χ0) is 25.3. The second-order valence-electron chi connectivity index (χ2n) is 8.47. The van der Waals surface area contributed by atoms with Crippen molar-refractivity contribution < 1.29 is 14.6 Å². The number of amides is 1. The van der Waals surface area contributed by atoms with E-state index in [-0.39, 0.29) is 30.0 Å². The molecule has 1 unspecified atom stereocenters. The second-order valence-corrected chi connectivity index (χ2v) is 8.47. The number of H-pyrrole nitrogens is 1. The molecule has 1 aliphatic heterocycles. The van der Waals surface area contributed by atoms with E-state index in [1.165, 1.54) is 5.01 Å². The van der Waals surface area contributed by atoms with Crippen molar-refractivity contribution in [1.82, 2.24) is 14.6 Å². The molecule has 4 rings (SSSR count). The Hall–Kier alpha value is -4.14. The van der Waals surface area contributed by atoms with Crippen LogP contribution >= 0.6 is 0 Å². The number of nitrogens with one attached hydrogen (secondary N) is 1. The first kappa shape index (κ1) is 24.0. The van der Waals surface area contributed by atoms with Gasteiger partial charge in [-0.15, -0.1) is 0 Å². The number of hydrazone groups is 1. The molecule has 0 aliphatic carbocycles. The molecule has 1 aliphatic rings. The van der Waals surface area contributed by atoms with E-state index in [9.17, 15) is 19.5 Å². The van der Waals surface area contributed by atoms with Gasteiger partial charge in [0.15, 0.2) is 0 Å². The van der Waals surface area contributed by atoms with Gasteiger partial charge in [0.2, 0.25) is 11.8 Å². The van der Waals surface area contributed by atoms with Crippen molar-refractivity contribution in [3.8, 4) is 17.3 Å². The maximum Gasteiger partial charge on any atom is 0.335 e. The minimum absolute atomic E-state index is 0.144. The van der Waals surface area contributed by atoms with Crippen molar-refractivity contribution in [1.29, 1.82) is 0 Å². The fourth-order valence-corrected chi connectivity index (χ4v) is 4.44. The Morgan fingerprint density at radius 1 is 1.14 bits per heavy atom. The summed E-state index contributed by atoms with van der Waals surface area (Å²) in [6.45, 7) is 7.80. The molecule has 2 N–H and O–H groups in total. The number of aromatic nitrogens is 2. The Morgan fingerprint density at radius 3 is 2.49 bits per heavy atom. The minimum atomic E-state index is -0.769. The van der Waals surface area contributed by atoms with Crippen LogP contribution in [0.1, 0.15) is 55.0 Å². The van der Waals surface area contributed by atoms with E-state index in [2.05, 4.69) is 10.1 Å². The highest BCUT2D eigenvalue weighted by Gasteiger charge is 2.36. The molecule has 2 aromatic carbocycles. The number of carbonyl (C=O) groups is 1. The first-order valence-corrected chi connectivity index (χ1v) is 11.5. The van der Waals surface area contributed by atoms with Crippen LogP contribution in [0.25, 0.3) is 5.69 Å². The van der Waals surface area contributed by atoms with Crippen molar-refractivity contribution in [2.45, 2.75) is 46.6 Å². The smallest absolute Gasteiger partial charge is 0.335 e. The van der Waals surface area contributed by atoms with Crippen molar-refractivity contribution in [2.24, 2.45) is 5.10 Å². The van der Waals surface area contributed by atoms with Gasteiger partial charge in [0.05, 0.1) is 24.0 Å². The molecule has 2 heterocycles. The van der Waals surface area contributed by atoms with Crippen LogP contribution in [-0.2, 0) is 4.79 Å². The molecule has 1 aromatic heterocycles. The molecule has 0 saturated carbocycles. The lowest BCUT2D eigenvalue weighted by molar-refractivity contribution is -0.132. The third kappa shape index (κ3) is 4.49. The van der Waals surface area contributed by atoms with Gasteiger partial charge in [0, 0.05) is 18.4 Å². The fraction of sp³-hybridized carbons (Fsp3) is 0.308. The summed E-state index contributed by atoms with van der Waals surface area (Å²) in [5, 5.41) is 16.9. The van der Waals surface area contributed by atoms with E-state index in [0.717, 1.165) is 21.3 Å². The number of para-hydroxylation sites is 1. The number of nitrogens with zero attached hydrogens (tertiary/aromatic N) is 3. The molecule has 182 valence electrons. The largest absolute Gasteiger partial charge is 0.494 e. The molecule has 0 fully saturated rings. The second kappa shape index (κ2) is 9.61. The van der Waals surface area contributed by atoms with Crippen molar-refractivity contribution in [3.63, 3.8) is 0 Å². The molecule has 9 heteroatoms. The fourth-order valence-electron chi connectivity index (χ4n) is 4.44. The van der Waals surface area contributed by atoms with Crippen molar-refractivity contribution in [2.75, 3.05) is 6.61 Å². The number of carbonyl (C=O) groups excluding carboxylic acids is 1. The summed E-state index contributed by atoms with van der Waals surface area (Å²) < 4.78 is 6.81. The number of ether oxygens (including phenoxy) is 1. The van der Waals surface area contributed by atoms with Gasteiger partial charge in [-0.3, -0.25) is 14.6 Å².